The third-order valence-electron chi connectivity index (χ3n) is 4.21. The molecule has 0 spiro atoms. The molecule has 4 nitrogen and oxygen atoms in total. The molecule has 1 saturated heterocycles. The van der Waals surface area contributed by atoms with E-state index in [4.69, 9.17) is 0 Å². The summed E-state index contributed by atoms with van der Waals surface area (Å²) in [5.74, 6) is 0.822. The lowest BCUT2D eigenvalue weighted by Gasteiger charge is -2.13. The van der Waals surface area contributed by atoms with E-state index in [9.17, 15) is 0 Å². The molecule has 0 amide bonds. The van der Waals surface area contributed by atoms with Crippen LogP contribution in [0.1, 0.15) is 30.3 Å². The summed E-state index contributed by atoms with van der Waals surface area (Å²) >= 11 is 0. The third kappa shape index (κ3) is 2.93. The summed E-state index contributed by atoms with van der Waals surface area (Å²) in [4.78, 5) is 2.53. The molecule has 0 radical (unpaired) electrons. The fourth-order valence-electron chi connectivity index (χ4n) is 2.84. The predicted molar refractivity (Wildman–Crippen MR) is 74.6 cm³/mol. The molecule has 1 aromatic rings. The van der Waals surface area contributed by atoms with Crippen LogP contribution < -0.4 is 5.32 Å². The summed E-state index contributed by atoms with van der Waals surface area (Å²) in [7, 11) is 2.02. The van der Waals surface area contributed by atoms with Gasteiger partial charge in [0.2, 0.25) is 0 Å². The number of hydrogen-bond acceptors (Lipinski definition) is 3. The van der Waals surface area contributed by atoms with Crippen LogP contribution in [0.3, 0.4) is 0 Å². The number of aryl methyl sites for hydroxylation is 2. The summed E-state index contributed by atoms with van der Waals surface area (Å²) in [6.45, 7) is 12.3. The van der Waals surface area contributed by atoms with Crippen LogP contribution in [0.15, 0.2) is 0 Å². The molecule has 2 rings (SSSR count). The monoisotopic (exact) mass is 250 g/mol. The van der Waals surface area contributed by atoms with Crippen molar-refractivity contribution in [1.29, 1.82) is 0 Å². The van der Waals surface area contributed by atoms with Gasteiger partial charge in [0.25, 0.3) is 0 Å². The number of nitrogens with one attached hydrogen (secondary N) is 1. The van der Waals surface area contributed by atoms with Gasteiger partial charge in [0.1, 0.15) is 0 Å². The standard InChI is InChI=1S/C14H26N4/c1-5-18-7-6-13(10-18)8-15-9-14-11(2)16-17(4)12(14)3/h13,15H,5-10H2,1-4H3/t13-/m0/s1. The Bertz CT molecular complexity index is 397. The van der Waals surface area contributed by atoms with E-state index in [0.29, 0.717) is 0 Å². The van der Waals surface area contributed by atoms with Gasteiger partial charge in [-0.3, -0.25) is 4.68 Å². The fourth-order valence-corrected chi connectivity index (χ4v) is 2.84. The van der Waals surface area contributed by atoms with Crippen LogP contribution in [0.25, 0.3) is 0 Å². The van der Waals surface area contributed by atoms with Crippen molar-refractivity contribution in [2.45, 2.75) is 33.7 Å². The zero-order valence-electron chi connectivity index (χ0n) is 12.2. The van der Waals surface area contributed by atoms with E-state index in [1.807, 2.05) is 11.7 Å². The average molecular weight is 250 g/mol. The van der Waals surface area contributed by atoms with Crippen molar-refractivity contribution >= 4 is 0 Å². The van der Waals surface area contributed by atoms with Gasteiger partial charge in [-0.25, -0.2) is 0 Å². The van der Waals surface area contributed by atoms with Gasteiger partial charge in [0.15, 0.2) is 0 Å². The molecule has 1 aliphatic rings. The summed E-state index contributed by atoms with van der Waals surface area (Å²) in [6, 6.07) is 0. The van der Waals surface area contributed by atoms with E-state index >= 15 is 0 Å². The van der Waals surface area contributed by atoms with Gasteiger partial charge < -0.3 is 10.2 Å². The molecule has 1 atom stereocenters. The van der Waals surface area contributed by atoms with Crippen molar-refractivity contribution in [1.82, 2.24) is 20.0 Å². The second-order valence-corrected chi connectivity index (χ2v) is 5.45. The molecule has 4 heteroatoms. The molecular formula is C14H26N4. The van der Waals surface area contributed by atoms with Gasteiger partial charge >= 0.3 is 0 Å². The molecule has 18 heavy (non-hydrogen) atoms. The first kappa shape index (κ1) is 13.6. The highest BCUT2D eigenvalue weighted by Crippen LogP contribution is 2.15. The zero-order chi connectivity index (χ0) is 13.1. The van der Waals surface area contributed by atoms with Crippen molar-refractivity contribution in [2.24, 2.45) is 13.0 Å². The highest BCUT2D eigenvalue weighted by molar-refractivity contribution is 5.23. The molecule has 2 heterocycles. The van der Waals surface area contributed by atoms with E-state index in [0.717, 1.165) is 24.7 Å². The quantitative estimate of drug-likeness (QED) is 0.859. The van der Waals surface area contributed by atoms with Gasteiger partial charge in [0.05, 0.1) is 5.69 Å². The molecule has 1 fully saturated rings. The van der Waals surface area contributed by atoms with E-state index in [2.05, 4.69) is 36.1 Å². The Kier molecular flexibility index (Phi) is 4.40. The Labute approximate surface area is 110 Å². The van der Waals surface area contributed by atoms with Gasteiger partial charge in [0, 0.05) is 31.4 Å². The summed E-state index contributed by atoms with van der Waals surface area (Å²) in [5, 5.41) is 8.06. The van der Waals surface area contributed by atoms with Gasteiger partial charge in [-0.1, -0.05) is 6.92 Å². The predicted octanol–water partition coefficient (Wildman–Crippen LogP) is 1.47. The minimum atomic E-state index is 0.822. The molecule has 1 aromatic heterocycles. The average Bonchev–Trinajstić information content (AvgIpc) is 2.89. The molecule has 0 saturated carbocycles. The topological polar surface area (TPSA) is 33.1 Å². The molecule has 1 N–H and O–H groups in total. The van der Waals surface area contributed by atoms with Crippen molar-refractivity contribution < 1.29 is 0 Å². The second-order valence-electron chi connectivity index (χ2n) is 5.45. The highest BCUT2D eigenvalue weighted by Gasteiger charge is 2.20. The Morgan fingerprint density at radius 2 is 2.17 bits per heavy atom. The maximum absolute atomic E-state index is 4.45. The number of likely N-dealkylation sites (tertiary alicyclic amines) is 1. The lowest BCUT2D eigenvalue weighted by molar-refractivity contribution is 0.339. The van der Waals surface area contributed by atoms with Crippen LogP contribution in [0.2, 0.25) is 0 Å². The SMILES string of the molecule is CCN1CC[C@@H](CNCc2c(C)nn(C)c2C)C1. The van der Waals surface area contributed by atoms with Gasteiger partial charge in [-0.05, 0) is 45.8 Å². The van der Waals surface area contributed by atoms with E-state index in [-0.39, 0.29) is 0 Å². The van der Waals surface area contributed by atoms with Crippen LogP contribution in [-0.4, -0.2) is 40.9 Å². The van der Waals surface area contributed by atoms with Crippen LogP contribution in [-0.2, 0) is 13.6 Å². The summed E-state index contributed by atoms with van der Waals surface area (Å²) in [6.07, 6.45) is 1.34. The molecule has 0 unspecified atom stereocenters. The number of nitrogens with zero attached hydrogens (tertiary/aromatic N) is 3. The molecule has 0 bridgehead atoms. The zero-order valence-corrected chi connectivity index (χ0v) is 12.2. The van der Waals surface area contributed by atoms with E-state index in [1.54, 1.807) is 0 Å². The molecule has 1 aliphatic heterocycles. The summed E-state index contributed by atoms with van der Waals surface area (Å²) in [5.41, 5.74) is 3.80. The largest absolute Gasteiger partial charge is 0.312 e. The van der Waals surface area contributed by atoms with Crippen molar-refractivity contribution in [3.63, 3.8) is 0 Å². The van der Waals surface area contributed by atoms with Crippen LogP contribution >= 0.6 is 0 Å². The Morgan fingerprint density at radius 3 is 2.72 bits per heavy atom. The summed E-state index contributed by atoms with van der Waals surface area (Å²) < 4.78 is 1.97. The maximum Gasteiger partial charge on any atom is 0.0641 e. The smallest absolute Gasteiger partial charge is 0.0641 e. The Hall–Kier alpha value is -0.870. The lowest BCUT2D eigenvalue weighted by Crippen LogP contribution is -2.26. The van der Waals surface area contributed by atoms with Crippen molar-refractivity contribution in [3.8, 4) is 0 Å². The lowest BCUT2D eigenvalue weighted by atomic mass is 10.1. The molecule has 0 aliphatic carbocycles. The first-order valence-electron chi connectivity index (χ1n) is 7.04. The van der Waals surface area contributed by atoms with E-state index in [1.165, 1.54) is 37.3 Å². The first-order valence-corrected chi connectivity index (χ1v) is 7.04. The minimum absolute atomic E-state index is 0.822. The van der Waals surface area contributed by atoms with Gasteiger partial charge in [-0.2, -0.15) is 5.10 Å². The normalized spacial score (nSPS) is 20.8. The Morgan fingerprint density at radius 1 is 1.39 bits per heavy atom. The third-order valence-corrected chi connectivity index (χ3v) is 4.21. The second kappa shape index (κ2) is 5.85. The van der Waals surface area contributed by atoms with Crippen LogP contribution in [0, 0.1) is 19.8 Å². The molecular weight excluding hydrogens is 224 g/mol. The number of rotatable bonds is 5. The highest BCUT2D eigenvalue weighted by atomic mass is 15.3. The Balaban J connectivity index is 1.79. The van der Waals surface area contributed by atoms with Crippen molar-refractivity contribution in [2.75, 3.05) is 26.2 Å². The van der Waals surface area contributed by atoms with Crippen LogP contribution in [0.4, 0.5) is 0 Å². The number of hydrogen-bond donors (Lipinski definition) is 1. The first-order chi connectivity index (χ1) is 8.61. The number of aromatic nitrogens is 2. The van der Waals surface area contributed by atoms with E-state index < -0.39 is 0 Å². The maximum atomic E-state index is 4.45. The molecule has 102 valence electrons. The van der Waals surface area contributed by atoms with Gasteiger partial charge in [-0.15, -0.1) is 0 Å². The van der Waals surface area contributed by atoms with Crippen LogP contribution in [0.5, 0.6) is 0 Å². The fraction of sp³-hybridized carbons (Fsp3) is 0.786. The van der Waals surface area contributed by atoms with Crippen molar-refractivity contribution in [3.05, 3.63) is 17.0 Å². The molecule has 0 aromatic carbocycles. The minimum Gasteiger partial charge on any atom is -0.312 e.